The summed E-state index contributed by atoms with van der Waals surface area (Å²) in [6, 6.07) is 10.1. The van der Waals surface area contributed by atoms with E-state index in [0.29, 0.717) is 12.5 Å². The van der Waals surface area contributed by atoms with E-state index in [9.17, 15) is 4.79 Å². The average molecular weight is 328 g/mol. The normalized spacial score (nSPS) is 16.1. The molecule has 4 heteroatoms. The highest BCUT2D eigenvalue weighted by Gasteiger charge is 2.18. The maximum atomic E-state index is 11.6. The number of benzene rings is 1. The number of amides is 1. The van der Waals surface area contributed by atoms with Gasteiger partial charge in [-0.3, -0.25) is 0 Å². The van der Waals surface area contributed by atoms with Gasteiger partial charge in [-0.2, -0.15) is 0 Å². The molecule has 1 heterocycles. The molecule has 1 aliphatic rings. The van der Waals surface area contributed by atoms with Crippen molar-refractivity contribution in [1.82, 2.24) is 10.2 Å². The van der Waals surface area contributed by atoms with Crippen molar-refractivity contribution in [3.63, 3.8) is 0 Å². The highest BCUT2D eigenvalue weighted by Crippen LogP contribution is 2.16. The van der Waals surface area contributed by atoms with Gasteiger partial charge in [-0.25, -0.2) is 4.79 Å². The van der Waals surface area contributed by atoms with Crippen molar-refractivity contribution in [3.8, 4) is 11.8 Å². The van der Waals surface area contributed by atoms with Crippen molar-refractivity contribution >= 4 is 6.09 Å². The Hall–Kier alpha value is -1.99. The van der Waals surface area contributed by atoms with E-state index in [0.717, 1.165) is 38.0 Å². The van der Waals surface area contributed by atoms with Gasteiger partial charge in [0.15, 0.2) is 0 Å². The summed E-state index contributed by atoms with van der Waals surface area (Å²) in [6.45, 7) is 9.15. The van der Waals surface area contributed by atoms with E-state index in [1.165, 1.54) is 0 Å². The number of carbonyl (C=O) groups is 1. The molecule has 0 spiro atoms. The number of rotatable bonds is 3. The van der Waals surface area contributed by atoms with Crippen LogP contribution in [0.15, 0.2) is 30.3 Å². The van der Waals surface area contributed by atoms with Crippen LogP contribution in [0.5, 0.6) is 0 Å². The van der Waals surface area contributed by atoms with Gasteiger partial charge in [0, 0.05) is 24.6 Å². The summed E-state index contributed by atoms with van der Waals surface area (Å²) in [5, 5.41) is 2.81. The largest absolute Gasteiger partial charge is 0.444 e. The van der Waals surface area contributed by atoms with E-state index in [-0.39, 0.29) is 6.09 Å². The topological polar surface area (TPSA) is 41.6 Å². The number of piperidine rings is 1. The maximum absolute atomic E-state index is 11.6. The first kappa shape index (κ1) is 18.4. The lowest BCUT2D eigenvalue weighted by Crippen LogP contribution is -2.40. The van der Waals surface area contributed by atoms with Crippen LogP contribution in [-0.4, -0.2) is 42.8 Å². The standard InChI is InChI=1S/C20H28N2O2/c1-20(2,3)24-19(23)21-13-16-22-14-11-18(12-15-22)10-9-17-7-5-4-6-8-17/h4-8,18H,11-16H2,1-3H3,(H,21,23). The van der Waals surface area contributed by atoms with E-state index >= 15 is 0 Å². The van der Waals surface area contributed by atoms with Gasteiger partial charge in [0.1, 0.15) is 5.60 Å². The van der Waals surface area contributed by atoms with Crippen molar-refractivity contribution in [2.24, 2.45) is 5.92 Å². The Morgan fingerprint density at radius 3 is 2.54 bits per heavy atom. The molecule has 0 atom stereocenters. The second-order valence-electron chi connectivity index (χ2n) is 7.18. The van der Waals surface area contributed by atoms with Crippen LogP contribution in [-0.2, 0) is 4.74 Å². The van der Waals surface area contributed by atoms with Gasteiger partial charge >= 0.3 is 6.09 Å². The summed E-state index contributed by atoms with van der Waals surface area (Å²) in [4.78, 5) is 14.0. The molecule has 1 fully saturated rings. The molecular weight excluding hydrogens is 300 g/mol. The van der Waals surface area contributed by atoms with Gasteiger partial charge in [0.25, 0.3) is 0 Å². The van der Waals surface area contributed by atoms with Crippen LogP contribution < -0.4 is 5.32 Å². The molecule has 1 aromatic rings. The number of hydrogen-bond donors (Lipinski definition) is 1. The molecule has 1 saturated heterocycles. The Kier molecular flexibility index (Phi) is 6.69. The highest BCUT2D eigenvalue weighted by molar-refractivity contribution is 5.67. The van der Waals surface area contributed by atoms with Gasteiger partial charge in [-0.1, -0.05) is 30.0 Å². The van der Waals surface area contributed by atoms with Crippen LogP contribution in [0.4, 0.5) is 4.79 Å². The molecule has 1 aromatic carbocycles. The van der Waals surface area contributed by atoms with Crippen molar-refractivity contribution < 1.29 is 9.53 Å². The van der Waals surface area contributed by atoms with E-state index in [4.69, 9.17) is 4.74 Å². The molecule has 4 nitrogen and oxygen atoms in total. The Labute approximate surface area is 145 Å². The number of likely N-dealkylation sites (tertiary alicyclic amines) is 1. The van der Waals surface area contributed by atoms with Gasteiger partial charge in [-0.15, -0.1) is 0 Å². The Bertz CT molecular complexity index is 573. The SMILES string of the molecule is CC(C)(C)OC(=O)NCCN1CCC(C#Cc2ccccc2)CC1. The number of alkyl carbamates (subject to hydrolysis) is 1. The third kappa shape index (κ3) is 7.06. The molecule has 0 saturated carbocycles. The molecule has 2 rings (SSSR count). The molecule has 1 aliphatic heterocycles. The number of carbonyl (C=O) groups excluding carboxylic acids is 1. The number of nitrogens with zero attached hydrogens (tertiary/aromatic N) is 1. The number of ether oxygens (including phenoxy) is 1. The predicted molar refractivity (Wildman–Crippen MR) is 96.7 cm³/mol. The minimum atomic E-state index is -0.445. The number of hydrogen-bond acceptors (Lipinski definition) is 3. The Morgan fingerprint density at radius 1 is 1.25 bits per heavy atom. The van der Waals surface area contributed by atoms with Crippen LogP contribution in [0.25, 0.3) is 0 Å². The highest BCUT2D eigenvalue weighted by atomic mass is 16.6. The van der Waals surface area contributed by atoms with E-state index in [1.54, 1.807) is 0 Å². The van der Waals surface area contributed by atoms with Crippen LogP contribution in [0, 0.1) is 17.8 Å². The van der Waals surface area contributed by atoms with Crippen molar-refractivity contribution in [2.45, 2.75) is 39.2 Å². The zero-order valence-corrected chi connectivity index (χ0v) is 15.0. The zero-order chi connectivity index (χ0) is 17.4. The lowest BCUT2D eigenvalue weighted by atomic mass is 9.97. The van der Waals surface area contributed by atoms with Crippen LogP contribution in [0.3, 0.4) is 0 Å². The Balaban J connectivity index is 1.65. The maximum Gasteiger partial charge on any atom is 0.407 e. The summed E-state index contributed by atoms with van der Waals surface area (Å²) < 4.78 is 5.23. The summed E-state index contributed by atoms with van der Waals surface area (Å²) in [6.07, 6.45) is 1.84. The number of nitrogens with one attached hydrogen (secondary N) is 1. The lowest BCUT2D eigenvalue weighted by Gasteiger charge is -2.29. The van der Waals surface area contributed by atoms with Crippen LogP contribution in [0.2, 0.25) is 0 Å². The first-order valence-electron chi connectivity index (χ1n) is 8.68. The Morgan fingerprint density at radius 2 is 1.92 bits per heavy atom. The lowest BCUT2D eigenvalue weighted by molar-refractivity contribution is 0.0520. The van der Waals surface area contributed by atoms with Crippen LogP contribution in [0.1, 0.15) is 39.2 Å². The summed E-state index contributed by atoms with van der Waals surface area (Å²) in [5.41, 5.74) is 0.640. The molecule has 130 valence electrons. The fourth-order valence-corrected chi connectivity index (χ4v) is 2.64. The van der Waals surface area contributed by atoms with Crippen molar-refractivity contribution in [2.75, 3.05) is 26.2 Å². The molecule has 1 amide bonds. The molecular formula is C20H28N2O2. The third-order valence-corrected chi connectivity index (χ3v) is 3.88. The summed E-state index contributed by atoms with van der Waals surface area (Å²) in [7, 11) is 0. The third-order valence-electron chi connectivity index (χ3n) is 3.88. The predicted octanol–water partition coefficient (Wildman–Crippen LogP) is 3.27. The zero-order valence-electron chi connectivity index (χ0n) is 15.0. The minimum Gasteiger partial charge on any atom is -0.444 e. The van der Waals surface area contributed by atoms with E-state index in [1.807, 2.05) is 51.1 Å². The second-order valence-corrected chi connectivity index (χ2v) is 7.18. The van der Waals surface area contributed by atoms with Gasteiger partial charge in [0.05, 0.1) is 0 Å². The smallest absolute Gasteiger partial charge is 0.407 e. The van der Waals surface area contributed by atoms with E-state index in [2.05, 4.69) is 22.1 Å². The van der Waals surface area contributed by atoms with Gasteiger partial charge < -0.3 is 15.0 Å². The molecule has 1 N–H and O–H groups in total. The summed E-state index contributed by atoms with van der Waals surface area (Å²) in [5.74, 6) is 7.13. The quantitative estimate of drug-likeness (QED) is 0.866. The minimum absolute atomic E-state index is 0.342. The molecule has 0 aliphatic carbocycles. The molecule has 0 unspecified atom stereocenters. The summed E-state index contributed by atoms with van der Waals surface area (Å²) >= 11 is 0. The van der Waals surface area contributed by atoms with Gasteiger partial charge in [-0.05, 0) is 58.8 Å². The van der Waals surface area contributed by atoms with E-state index < -0.39 is 5.60 Å². The fourth-order valence-electron chi connectivity index (χ4n) is 2.64. The molecule has 24 heavy (non-hydrogen) atoms. The monoisotopic (exact) mass is 328 g/mol. The molecule has 0 radical (unpaired) electrons. The van der Waals surface area contributed by atoms with Crippen molar-refractivity contribution in [3.05, 3.63) is 35.9 Å². The van der Waals surface area contributed by atoms with Crippen molar-refractivity contribution in [1.29, 1.82) is 0 Å². The first-order chi connectivity index (χ1) is 11.4. The fraction of sp³-hybridized carbons (Fsp3) is 0.550. The van der Waals surface area contributed by atoms with Crippen LogP contribution >= 0.6 is 0 Å². The molecule has 0 bridgehead atoms. The molecule has 0 aromatic heterocycles. The van der Waals surface area contributed by atoms with Gasteiger partial charge in [0.2, 0.25) is 0 Å². The second kappa shape index (κ2) is 8.75. The first-order valence-corrected chi connectivity index (χ1v) is 8.68. The average Bonchev–Trinajstić information content (AvgIpc) is 2.53.